The average Bonchev–Trinajstić information content (AvgIpc) is 3.21. The lowest BCUT2D eigenvalue weighted by atomic mass is 10.0. The number of carbonyl (C=O) groups excluding carboxylic acids is 1. The Hall–Kier alpha value is -2.62. The fraction of sp³-hybridized carbons (Fsp3) is 0.273. The highest BCUT2D eigenvalue weighted by molar-refractivity contribution is 6.36. The zero-order valence-electron chi connectivity index (χ0n) is 17.3. The monoisotopic (exact) mass is 473 g/mol. The van der Waals surface area contributed by atoms with Gasteiger partial charge in [-0.05, 0) is 24.3 Å². The second kappa shape index (κ2) is 8.73. The topological polar surface area (TPSA) is 69.6 Å². The second-order valence-corrected chi connectivity index (χ2v) is 8.29. The van der Waals surface area contributed by atoms with Crippen LogP contribution in [0.4, 0.5) is 10.5 Å². The molecule has 1 fully saturated rings. The average molecular weight is 474 g/mol. The predicted octanol–water partition coefficient (Wildman–Crippen LogP) is 3.65. The van der Waals surface area contributed by atoms with Crippen LogP contribution in [0.3, 0.4) is 0 Å². The van der Waals surface area contributed by atoms with Crippen molar-refractivity contribution in [2.24, 2.45) is 4.99 Å². The molecule has 2 aromatic carbocycles. The van der Waals surface area contributed by atoms with Crippen molar-refractivity contribution >= 4 is 40.6 Å². The fourth-order valence-electron chi connectivity index (χ4n) is 3.94. The van der Waals surface area contributed by atoms with Gasteiger partial charge < -0.3 is 14.4 Å². The molecule has 8 nitrogen and oxygen atoms in total. The summed E-state index contributed by atoms with van der Waals surface area (Å²) in [5.41, 5.74) is 6.80. The zero-order chi connectivity index (χ0) is 22.2. The summed E-state index contributed by atoms with van der Waals surface area (Å²) < 4.78 is 11.1. The number of morpholine rings is 1. The smallest absolute Gasteiger partial charge is 0.340 e. The molecule has 10 heteroatoms. The van der Waals surface area contributed by atoms with Crippen LogP contribution in [0.2, 0.25) is 10.0 Å². The molecule has 166 valence electrons. The number of ether oxygens (including phenoxy) is 2. The number of rotatable bonds is 2. The summed E-state index contributed by atoms with van der Waals surface area (Å²) in [7, 11) is 1.58. The van der Waals surface area contributed by atoms with E-state index in [0.29, 0.717) is 47.8 Å². The third-order valence-electron chi connectivity index (χ3n) is 5.52. The van der Waals surface area contributed by atoms with E-state index >= 15 is 0 Å². The number of nitrogens with zero attached hydrogens (tertiary/aromatic N) is 4. The first-order chi connectivity index (χ1) is 15.6. The number of amides is 2. The van der Waals surface area contributed by atoms with Crippen molar-refractivity contribution in [3.8, 4) is 0 Å². The Bertz CT molecular complexity index is 1120. The Morgan fingerprint density at radius 2 is 1.94 bits per heavy atom. The molecule has 1 saturated heterocycles. The highest BCUT2D eigenvalue weighted by atomic mass is 35.5. The minimum absolute atomic E-state index is 0.172. The maximum atomic E-state index is 13.1. The number of carbonyl (C=O) groups is 1. The molecule has 0 radical (unpaired) electrons. The van der Waals surface area contributed by atoms with E-state index in [9.17, 15) is 4.79 Å². The number of halogens is 2. The van der Waals surface area contributed by atoms with Gasteiger partial charge in [-0.15, -0.1) is 5.53 Å². The molecular weight excluding hydrogens is 453 g/mol. The standard InChI is InChI=1S/C22H21Cl2N5O3/c1-31-21-19-13-28(22(30)27-8-10-32-11-9-27)26-29(19)18-7-6-14(23)12-16(18)20(25-21)15-4-2-3-5-17(15)24/h2-7,12-13,21,26H,8-11H2,1H3. The van der Waals surface area contributed by atoms with Crippen LogP contribution < -0.4 is 10.5 Å². The van der Waals surface area contributed by atoms with Gasteiger partial charge in [-0.2, -0.15) is 0 Å². The first kappa shape index (κ1) is 21.2. The molecule has 5 rings (SSSR count). The highest BCUT2D eigenvalue weighted by Gasteiger charge is 2.37. The number of methoxy groups -OCH3 is 1. The number of nitrogens with one attached hydrogen (secondary N) is 1. The Morgan fingerprint density at radius 3 is 2.69 bits per heavy atom. The summed E-state index contributed by atoms with van der Waals surface area (Å²) in [6.07, 6.45) is 1.03. The molecule has 32 heavy (non-hydrogen) atoms. The van der Waals surface area contributed by atoms with Crippen molar-refractivity contribution in [2.45, 2.75) is 6.23 Å². The first-order valence-corrected chi connectivity index (χ1v) is 10.9. The van der Waals surface area contributed by atoms with Gasteiger partial charge in [0.05, 0.1) is 30.8 Å². The Kier molecular flexibility index (Phi) is 5.79. The van der Waals surface area contributed by atoms with Gasteiger partial charge in [-0.25, -0.2) is 14.8 Å². The summed E-state index contributed by atoms with van der Waals surface area (Å²) in [6, 6.07) is 12.8. The molecule has 1 atom stereocenters. The molecule has 1 unspecified atom stereocenters. The quantitative estimate of drug-likeness (QED) is 0.720. The van der Waals surface area contributed by atoms with Gasteiger partial charge >= 0.3 is 6.03 Å². The number of urea groups is 1. The summed E-state index contributed by atoms with van der Waals surface area (Å²) in [5, 5.41) is 4.37. The van der Waals surface area contributed by atoms with Crippen LogP contribution in [-0.2, 0) is 9.47 Å². The largest absolute Gasteiger partial charge is 0.378 e. The summed E-state index contributed by atoms with van der Waals surface area (Å²) >= 11 is 12.9. The van der Waals surface area contributed by atoms with Crippen molar-refractivity contribution in [2.75, 3.05) is 38.4 Å². The Balaban J connectivity index is 1.60. The summed E-state index contributed by atoms with van der Waals surface area (Å²) in [5.74, 6) is 0. The highest BCUT2D eigenvalue weighted by Crippen LogP contribution is 2.36. The van der Waals surface area contributed by atoms with Gasteiger partial charge in [0.2, 0.25) is 0 Å². The minimum Gasteiger partial charge on any atom is -0.378 e. The van der Waals surface area contributed by atoms with Crippen LogP contribution in [0.5, 0.6) is 0 Å². The van der Waals surface area contributed by atoms with Crippen LogP contribution in [-0.4, -0.2) is 61.3 Å². The lowest BCUT2D eigenvalue weighted by Crippen LogP contribution is -2.52. The van der Waals surface area contributed by atoms with E-state index < -0.39 is 6.23 Å². The molecular formula is C22H21Cl2N5O3. The van der Waals surface area contributed by atoms with Gasteiger partial charge in [-0.1, -0.05) is 41.4 Å². The van der Waals surface area contributed by atoms with Crippen LogP contribution in [0.15, 0.2) is 59.4 Å². The van der Waals surface area contributed by atoms with E-state index in [-0.39, 0.29) is 6.03 Å². The van der Waals surface area contributed by atoms with E-state index in [2.05, 4.69) is 5.53 Å². The van der Waals surface area contributed by atoms with Crippen LogP contribution in [0.25, 0.3) is 0 Å². The van der Waals surface area contributed by atoms with E-state index in [1.165, 1.54) is 5.01 Å². The first-order valence-electron chi connectivity index (χ1n) is 10.2. The molecule has 3 aliphatic rings. The number of fused-ring (bicyclic) bond motifs is 3. The summed E-state index contributed by atoms with van der Waals surface area (Å²) in [6.45, 7) is 2.12. The molecule has 0 aromatic heterocycles. The normalized spacial score (nSPS) is 20.3. The zero-order valence-corrected chi connectivity index (χ0v) is 18.8. The molecule has 3 heterocycles. The van der Waals surface area contributed by atoms with E-state index in [1.807, 2.05) is 36.4 Å². The Morgan fingerprint density at radius 1 is 1.16 bits per heavy atom. The van der Waals surface area contributed by atoms with Crippen molar-refractivity contribution in [1.29, 1.82) is 0 Å². The molecule has 1 N–H and O–H groups in total. The van der Waals surface area contributed by atoms with E-state index in [1.54, 1.807) is 29.3 Å². The maximum Gasteiger partial charge on any atom is 0.340 e. The lowest BCUT2D eigenvalue weighted by Gasteiger charge is -2.31. The van der Waals surface area contributed by atoms with Gasteiger partial charge in [-0.3, -0.25) is 5.01 Å². The number of benzene rings is 2. The third-order valence-corrected chi connectivity index (χ3v) is 6.09. The van der Waals surface area contributed by atoms with Gasteiger partial charge in [0.1, 0.15) is 5.70 Å². The van der Waals surface area contributed by atoms with Crippen molar-refractivity contribution in [1.82, 2.24) is 15.4 Å². The second-order valence-electron chi connectivity index (χ2n) is 7.45. The van der Waals surface area contributed by atoms with Gasteiger partial charge in [0, 0.05) is 41.4 Å². The molecule has 3 aliphatic heterocycles. The van der Waals surface area contributed by atoms with Crippen molar-refractivity contribution in [3.63, 3.8) is 0 Å². The predicted molar refractivity (Wildman–Crippen MR) is 123 cm³/mol. The molecule has 0 spiro atoms. The van der Waals surface area contributed by atoms with Crippen molar-refractivity contribution in [3.05, 3.63) is 75.5 Å². The number of hydrogen-bond acceptors (Lipinski definition) is 6. The minimum atomic E-state index is -0.678. The third kappa shape index (κ3) is 3.74. The van der Waals surface area contributed by atoms with Gasteiger partial charge in [0.25, 0.3) is 0 Å². The SMILES string of the molecule is COC1N=C(c2ccccc2Cl)c2cc(Cl)ccc2N2NN(C(=O)N3CCOCC3)C=C12. The molecule has 2 amide bonds. The number of aliphatic imine (C=N–C) groups is 1. The van der Waals surface area contributed by atoms with E-state index in [0.717, 1.165) is 16.8 Å². The van der Waals surface area contributed by atoms with Crippen LogP contribution >= 0.6 is 23.2 Å². The summed E-state index contributed by atoms with van der Waals surface area (Å²) in [4.78, 5) is 19.7. The molecule has 2 aromatic rings. The molecule has 0 bridgehead atoms. The molecule has 0 aliphatic carbocycles. The number of hydrogen-bond donors (Lipinski definition) is 1. The number of hydrazine groups is 2. The van der Waals surface area contributed by atoms with Gasteiger partial charge in [0.15, 0.2) is 6.23 Å². The Labute approximate surface area is 195 Å². The fourth-order valence-corrected chi connectivity index (χ4v) is 4.34. The lowest BCUT2D eigenvalue weighted by molar-refractivity contribution is 0.0442. The molecule has 0 saturated carbocycles. The van der Waals surface area contributed by atoms with Crippen LogP contribution in [0, 0.1) is 0 Å². The van der Waals surface area contributed by atoms with E-state index in [4.69, 9.17) is 37.7 Å². The number of anilines is 1. The maximum absolute atomic E-state index is 13.1. The van der Waals surface area contributed by atoms with Crippen LogP contribution in [0.1, 0.15) is 11.1 Å². The van der Waals surface area contributed by atoms with Crippen molar-refractivity contribution < 1.29 is 14.3 Å².